The lowest BCUT2D eigenvalue weighted by molar-refractivity contribution is 0.369. The summed E-state index contributed by atoms with van der Waals surface area (Å²) in [6.07, 6.45) is 5.04. The first-order valence-electron chi connectivity index (χ1n) is 2.66. The first-order chi connectivity index (χ1) is 4.86. The Labute approximate surface area is 62.3 Å². The maximum Gasteiger partial charge on any atom is 0.194 e. The Morgan fingerprint density at radius 3 is 3.30 bits per heavy atom. The van der Waals surface area contributed by atoms with E-state index in [0.717, 1.165) is 0 Å². The number of halogens is 1. The molecule has 6 heteroatoms. The molecule has 0 saturated heterocycles. The minimum absolute atomic E-state index is 0.678. The molecular weight excluding hydrogens is 154 g/mol. The zero-order valence-electron chi connectivity index (χ0n) is 4.90. The van der Waals surface area contributed by atoms with E-state index in [1.165, 1.54) is 4.42 Å². The molecule has 2 rings (SSSR count). The minimum atomic E-state index is 0.678. The quantitative estimate of drug-likeness (QED) is 0.532. The number of nitrogens with zero attached hydrogens (tertiary/aromatic N) is 4. The fourth-order valence-electron chi connectivity index (χ4n) is 0.703. The SMILES string of the molecule is ClN1C=CN2NN=NC2=C1. The fourth-order valence-corrected chi connectivity index (χ4v) is 0.840. The molecule has 0 aromatic carbocycles. The Bertz CT molecular complexity index is 232. The summed E-state index contributed by atoms with van der Waals surface area (Å²) in [6.45, 7) is 0. The molecule has 0 spiro atoms. The van der Waals surface area contributed by atoms with Gasteiger partial charge in [-0.25, -0.2) is 5.01 Å². The Balaban J connectivity index is 2.28. The van der Waals surface area contributed by atoms with Crippen LogP contribution in [0, 0.1) is 0 Å². The van der Waals surface area contributed by atoms with Crippen molar-refractivity contribution in [3.8, 4) is 0 Å². The summed E-state index contributed by atoms with van der Waals surface area (Å²) < 4.78 is 1.39. The van der Waals surface area contributed by atoms with Gasteiger partial charge in [0.2, 0.25) is 0 Å². The third-order valence-electron chi connectivity index (χ3n) is 1.15. The zero-order valence-corrected chi connectivity index (χ0v) is 5.65. The molecule has 5 nitrogen and oxygen atoms in total. The van der Waals surface area contributed by atoms with Crippen LogP contribution in [0.3, 0.4) is 0 Å². The second kappa shape index (κ2) is 1.88. The van der Waals surface area contributed by atoms with Crippen molar-refractivity contribution in [2.75, 3.05) is 0 Å². The number of nitrogens with one attached hydrogen (secondary N) is 1. The van der Waals surface area contributed by atoms with Crippen LogP contribution < -0.4 is 5.53 Å². The lowest BCUT2D eigenvalue weighted by atomic mass is 10.6. The second-order valence-corrected chi connectivity index (χ2v) is 2.19. The molecule has 0 bridgehead atoms. The first kappa shape index (κ1) is 5.55. The summed E-state index contributed by atoms with van der Waals surface area (Å²) in [7, 11) is 0. The molecule has 0 unspecified atom stereocenters. The van der Waals surface area contributed by atoms with Crippen molar-refractivity contribution in [2.45, 2.75) is 0 Å². The molecule has 2 aliphatic heterocycles. The predicted octanol–water partition coefficient (Wildman–Crippen LogP) is 0.913. The van der Waals surface area contributed by atoms with Gasteiger partial charge in [-0.3, -0.25) is 4.42 Å². The highest BCUT2D eigenvalue weighted by Gasteiger charge is 2.15. The van der Waals surface area contributed by atoms with Gasteiger partial charge in [0.05, 0.1) is 6.20 Å². The highest BCUT2D eigenvalue weighted by molar-refractivity contribution is 6.14. The summed E-state index contributed by atoms with van der Waals surface area (Å²) in [4.78, 5) is 0. The van der Waals surface area contributed by atoms with Crippen molar-refractivity contribution in [3.05, 3.63) is 24.4 Å². The summed E-state index contributed by atoms with van der Waals surface area (Å²) >= 11 is 5.60. The van der Waals surface area contributed by atoms with E-state index < -0.39 is 0 Å². The first-order valence-corrected chi connectivity index (χ1v) is 3.00. The van der Waals surface area contributed by atoms with Gasteiger partial charge < -0.3 is 0 Å². The van der Waals surface area contributed by atoms with Gasteiger partial charge in [0.25, 0.3) is 0 Å². The number of hydrazine groups is 1. The van der Waals surface area contributed by atoms with E-state index in [9.17, 15) is 0 Å². The molecule has 2 aliphatic rings. The highest BCUT2D eigenvalue weighted by Crippen LogP contribution is 2.17. The molecule has 52 valence electrons. The molecule has 1 N–H and O–H groups in total. The number of hydrogen-bond acceptors (Lipinski definition) is 5. The Morgan fingerprint density at radius 2 is 2.40 bits per heavy atom. The smallest absolute Gasteiger partial charge is 0.194 e. The Hall–Kier alpha value is -1.23. The van der Waals surface area contributed by atoms with E-state index in [0.29, 0.717) is 5.82 Å². The van der Waals surface area contributed by atoms with E-state index in [2.05, 4.69) is 15.9 Å². The largest absolute Gasteiger partial charge is 0.263 e. The van der Waals surface area contributed by atoms with Crippen molar-refractivity contribution < 1.29 is 0 Å². The van der Waals surface area contributed by atoms with Crippen molar-refractivity contribution >= 4 is 11.8 Å². The predicted molar refractivity (Wildman–Crippen MR) is 34.7 cm³/mol. The van der Waals surface area contributed by atoms with Crippen molar-refractivity contribution in [1.29, 1.82) is 0 Å². The van der Waals surface area contributed by atoms with Crippen LogP contribution in [0.25, 0.3) is 0 Å². The number of rotatable bonds is 0. The lowest BCUT2D eigenvalue weighted by Gasteiger charge is -2.17. The van der Waals surface area contributed by atoms with Crippen molar-refractivity contribution in [3.63, 3.8) is 0 Å². The summed E-state index contributed by atoms with van der Waals surface area (Å²) in [5.74, 6) is 0.678. The van der Waals surface area contributed by atoms with Gasteiger partial charge in [0, 0.05) is 24.2 Å². The van der Waals surface area contributed by atoms with Crippen molar-refractivity contribution in [2.24, 2.45) is 10.3 Å². The van der Waals surface area contributed by atoms with Gasteiger partial charge in [0.15, 0.2) is 5.82 Å². The molecule has 0 atom stereocenters. The normalized spacial score (nSPS) is 20.7. The van der Waals surface area contributed by atoms with Gasteiger partial charge >= 0.3 is 0 Å². The van der Waals surface area contributed by atoms with Gasteiger partial charge in [-0.1, -0.05) is 5.22 Å². The molecule has 0 saturated carbocycles. The molecule has 0 aromatic rings. The molecule has 0 aliphatic carbocycles. The summed E-state index contributed by atoms with van der Waals surface area (Å²) in [5.41, 5.74) is 2.63. The third kappa shape index (κ3) is 0.714. The van der Waals surface area contributed by atoms with Crippen LogP contribution in [0.4, 0.5) is 0 Å². The third-order valence-corrected chi connectivity index (χ3v) is 1.36. The van der Waals surface area contributed by atoms with E-state index >= 15 is 0 Å². The van der Waals surface area contributed by atoms with Gasteiger partial charge in [-0.15, -0.1) is 5.11 Å². The van der Waals surface area contributed by atoms with Crippen LogP contribution in [0.15, 0.2) is 34.8 Å². The monoisotopic (exact) mass is 157 g/mol. The average molecular weight is 158 g/mol. The second-order valence-electron chi connectivity index (χ2n) is 1.80. The minimum Gasteiger partial charge on any atom is -0.263 e. The van der Waals surface area contributed by atoms with Crippen LogP contribution in [0.5, 0.6) is 0 Å². The topological polar surface area (TPSA) is 43.2 Å². The Morgan fingerprint density at radius 1 is 1.50 bits per heavy atom. The standard InChI is InChI=1S/C4H4ClN5/c5-9-1-2-10-4(3-9)6-7-8-10/h1-3H,(H,6,8). The molecule has 0 amide bonds. The van der Waals surface area contributed by atoms with Crippen LogP contribution in [0.1, 0.15) is 0 Å². The highest BCUT2D eigenvalue weighted by atomic mass is 35.5. The molecule has 0 radical (unpaired) electrons. The van der Waals surface area contributed by atoms with E-state index in [-0.39, 0.29) is 0 Å². The molecule has 0 fully saturated rings. The zero-order chi connectivity index (χ0) is 6.97. The lowest BCUT2D eigenvalue weighted by Crippen LogP contribution is -2.25. The van der Waals surface area contributed by atoms with E-state index in [1.807, 2.05) is 0 Å². The van der Waals surface area contributed by atoms with Gasteiger partial charge in [0.1, 0.15) is 0 Å². The summed E-state index contributed by atoms with van der Waals surface area (Å²) in [6, 6.07) is 0. The molecular formula is C4H4ClN5. The van der Waals surface area contributed by atoms with Crippen LogP contribution in [-0.4, -0.2) is 9.43 Å². The Kier molecular flexibility index (Phi) is 1.04. The van der Waals surface area contributed by atoms with Crippen molar-refractivity contribution in [1.82, 2.24) is 15.0 Å². The van der Waals surface area contributed by atoms with E-state index in [1.54, 1.807) is 23.6 Å². The van der Waals surface area contributed by atoms with Gasteiger partial charge in [-0.05, 0) is 0 Å². The van der Waals surface area contributed by atoms with Crippen LogP contribution in [0.2, 0.25) is 0 Å². The molecule has 2 heterocycles. The van der Waals surface area contributed by atoms with Crippen LogP contribution in [-0.2, 0) is 0 Å². The fraction of sp³-hybridized carbons (Fsp3) is 0. The number of hydrogen-bond donors (Lipinski definition) is 1. The maximum atomic E-state index is 5.60. The molecule has 0 aromatic heterocycles. The molecule has 10 heavy (non-hydrogen) atoms. The van der Waals surface area contributed by atoms with Crippen LogP contribution >= 0.6 is 11.8 Å². The average Bonchev–Trinajstić information content (AvgIpc) is 2.33. The maximum absolute atomic E-state index is 5.60. The number of fused-ring (bicyclic) bond motifs is 1. The van der Waals surface area contributed by atoms with E-state index in [4.69, 9.17) is 11.8 Å². The van der Waals surface area contributed by atoms with Gasteiger partial charge in [-0.2, -0.15) is 5.53 Å². The summed E-state index contributed by atoms with van der Waals surface area (Å²) in [5, 5.41) is 8.94.